The van der Waals surface area contributed by atoms with Gasteiger partial charge in [-0.15, -0.1) is 0 Å². The maximum absolute atomic E-state index is 14.2. The van der Waals surface area contributed by atoms with Crippen LogP contribution in [0.4, 0.5) is 13.2 Å². The van der Waals surface area contributed by atoms with E-state index in [-0.39, 0.29) is 18.2 Å². The van der Waals surface area contributed by atoms with E-state index in [4.69, 9.17) is 9.16 Å². The minimum atomic E-state index is -4.89. The van der Waals surface area contributed by atoms with Crippen molar-refractivity contribution in [3.05, 3.63) is 35.9 Å². The molecule has 0 radical (unpaired) electrons. The van der Waals surface area contributed by atoms with E-state index in [1.165, 1.54) is 29.2 Å². The number of halogens is 3. The second-order valence-electron chi connectivity index (χ2n) is 7.60. The normalized spacial score (nSPS) is 20.0. The van der Waals surface area contributed by atoms with Crippen LogP contribution in [0.2, 0.25) is 18.1 Å². The van der Waals surface area contributed by atoms with Gasteiger partial charge in [0, 0.05) is 19.2 Å². The molecule has 164 valence electrons. The Balaban J connectivity index is 2.33. The van der Waals surface area contributed by atoms with E-state index in [1.54, 1.807) is 6.07 Å². The van der Waals surface area contributed by atoms with Gasteiger partial charge in [0.25, 0.3) is 11.5 Å². The number of carbonyl (C=O) groups excluding carboxylic acids is 1. The highest BCUT2D eigenvalue weighted by Crippen LogP contribution is 2.44. The lowest BCUT2D eigenvalue weighted by atomic mass is 9.90. The number of benzene rings is 1. The molecule has 8 heteroatoms. The fourth-order valence-electron chi connectivity index (χ4n) is 4.21. The number of likely N-dealkylation sites (tertiary alicyclic amines) is 1. The molecule has 0 spiro atoms. The first-order valence-electron chi connectivity index (χ1n) is 10.3. The number of ether oxygens (including phenoxy) is 1. The zero-order valence-corrected chi connectivity index (χ0v) is 18.7. The predicted molar refractivity (Wildman–Crippen MR) is 109 cm³/mol. The molecule has 1 aromatic rings. The van der Waals surface area contributed by atoms with Crippen LogP contribution in [0, 0.1) is 0 Å². The molecule has 2 rings (SSSR count). The van der Waals surface area contributed by atoms with Gasteiger partial charge in [0.15, 0.2) is 8.32 Å². The fraction of sp³-hybridized carbons (Fsp3) is 0.667. The number of hydrogen-bond donors (Lipinski definition) is 0. The van der Waals surface area contributed by atoms with Gasteiger partial charge in [0.2, 0.25) is 0 Å². The van der Waals surface area contributed by atoms with Gasteiger partial charge in [-0.3, -0.25) is 4.79 Å². The maximum atomic E-state index is 14.2. The molecular formula is C21H32F3NO3Si. The second-order valence-corrected chi connectivity index (χ2v) is 12.4. The summed E-state index contributed by atoms with van der Waals surface area (Å²) in [4.78, 5) is 14.6. The summed E-state index contributed by atoms with van der Waals surface area (Å²) >= 11 is 0. The van der Waals surface area contributed by atoms with Gasteiger partial charge in [-0.05, 0) is 31.0 Å². The van der Waals surface area contributed by atoms with Crippen molar-refractivity contribution in [2.45, 2.75) is 69.6 Å². The number of hydrogen-bond acceptors (Lipinski definition) is 3. The summed E-state index contributed by atoms with van der Waals surface area (Å²) in [6.45, 7) is 6.88. The molecule has 4 nitrogen and oxygen atoms in total. The average Bonchev–Trinajstić information content (AvgIpc) is 3.19. The lowest BCUT2D eigenvalue weighted by Crippen LogP contribution is -2.58. The van der Waals surface area contributed by atoms with Gasteiger partial charge in [0.05, 0.1) is 12.6 Å². The molecule has 0 aliphatic carbocycles. The Morgan fingerprint density at radius 1 is 1.14 bits per heavy atom. The maximum Gasteiger partial charge on any atom is 0.430 e. The molecule has 1 saturated heterocycles. The van der Waals surface area contributed by atoms with E-state index in [0.717, 1.165) is 25.2 Å². The molecule has 0 saturated carbocycles. The molecule has 1 aromatic carbocycles. The number of rotatable bonds is 9. The average molecular weight is 432 g/mol. The van der Waals surface area contributed by atoms with Crippen molar-refractivity contribution >= 4 is 14.2 Å². The van der Waals surface area contributed by atoms with Crippen LogP contribution in [0.1, 0.15) is 39.2 Å². The quantitative estimate of drug-likeness (QED) is 0.511. The van der Waals surface area contributed by atoms with E-state index in [9.17, 15) is 18.0 Å². The summed E-state index contributed by atoms with van der Waals surface area (Å²) in [6.07, 6.45) is -3.59. The molecule has 1 aliphatic rings. The first-order valence-corrected chi connectivity index (χ1v) is 12.9. The number of alkyl halides is 3. The van der Waals surface area contributed by atoms with E-state index in [1.807, 2.05) is 0 Å². The lowest BCUT2D eigenvalue weighted by Gasteiger charge is -2.39. The van der Waals surface area contributed by atoms with Gasteiger partial charge >= 0.3 is 6.18 Å². The molecule has 2 atom stereocenters. The molecule has 0 unspecified atom stereocenters. The van der Waals surface area contributed by atoms with Crippen LogP contribution in [0.25, 0.3) is 0 Å². The molecule has 1 fully saturated rings. The van der Waals surface area contributed by atoms with Crippen LogP contribution in [-0.4, -0.2) is 51.6 Å². The first-order chi connectivity index (χ1) is 13.7. The lowest BCUT2D eigenvalue weighted by molar-refractivity contribution is -0.270. The zero-order valence-electron chi connectivity index (χ0n) is 17.7. The minimum absolute atomic E-state index is 0.203. The Kier molecular flexibility index (Phi) is 7.92. The highest BCUT2D eigenvalue weighted by Gasteiger charge is 2.64. The van der Waals surface area contributed by atoms with Crippen molar-refractivity contribution in [2.75, 3.05) is 20.3 Å². The number of methoxy groups -OCH3 is 1. The largest absolute Gasteiger partial charge is 0.430 e. The Bertz CT molecular complexity index is 659. The van der Waals surface area contributed by atoms with E-state index >= 15 is 0 Å². The van der Waals surface area contributed by atoms with Crippen LogP contribution in [-0.2, 0) is 19.6 Å². The SMILES string of the molecule is CC[Si](CC)(CC)OC[C@@H]1CCCN1C(=O)[C@](OC)(c1ccccc1)C(F)(F)F. The van der Waals surface area contributed by atoms with Crippen molar-refractivity contribution in [3.63, 3.8) is 0 Å². The second kappa shape index (κ2) is 9.62. The molecule has 29 heavy (non-hydrogen) atoms. The topological polar surface area (TPSA) is 38.8 Å². The van der Waals surface area contributed by atoms with Crippen LogP contribution >= 0.6 is 0 Å². The smallest absolute Gasteiger partial charge is 0.415 e. The third kappa shape index (κ3) is 4.54. The summed E-state index contributed by atoms with van der Waals surface area (Å²) in [5, 5.41) is 0. The number of nitrogens with zero attached hydrogens (tertiary/aromatic N) is 1. The standard InChI is InChI=1S/C21H32F3NO3Si/c1-5-29(6-2,7-3)28-16-18-14-11-15-25(18)19(26)20(27-4,21(22,23)24)17-12-9-8-10-13-17/h8-10,12-13,18H,5-7,11,14-16H2,1-4H3/t18-,20+/m0/s1. The number of amides is 1. The minimum Gasteiger partial charge on any atom is -0.415 e. The molecule has 0 bridgehead atoms. The summed E-state index contributed by atoms with van der Waals surface area (Å²) in [5.74, 6) is -1.05. The predicted octanol–water partition coefficient (Wildman–Crippen LogP) is 5.10. The van der Waals surface area contributed by atoms with Gasteiger partial charge < -0.3 is 14.1 Å². The summed E-state index contributed by atoms with van der Waals surface area (Å²) < 4.78 is 54.0. The zero-order chi connectivity index (χ0) is 21.7. The summed E-state index contributed by atoms with van der Waals surface area (Å²) in [6, 6.07) is 9.66. The van der Waals surface area contributed by atoms with Crippen molar-refractivity contribution in [1.82, 2.24) is 4.90 Å². The third-order valence-corrected chi connectivity index (χ3v) is 11.0. The van der Waals surface area contributed by atoms with Crippen molar-refractivity contribution in [1.29, 1.82) is 0 Å². The summed E-state index contributed by atoms with van der Waals surface area (Å²) in [5.41, 5.74) is -3.21. The van der Waals surface area contributed by atoms with E-state index in [2.05, 4.69) is 20.8 Å². The molecule has 0 aromatic heterocycles. The Hall–Kier alpha value is -1.38. The molecule has 0 N–H and O–H groups in total. The van der Waals surface area contributed by atoms with Crippen molar-refractivity contribution in [3.8, 4) is 0 Å². The van der Waals surface area contributed by atoms with Gasteiger partial charge in [0.1, 0.15) is 0 Å². The highest BCUT2D eigenvalue weighted by atomic mass is 28.4. The Morgan fingerprint density at radius 3 is 2.21 bits per heavy atom. The van der Waals surface area contributed by atoms with Crippen LogP contribution in [0.15, 0.2) is 30.3 Å². The van der Waals surface area contributed by atoms with Crippen LogP contribution < -0.4 is 0 Å². The summed E-state index contributed by atoms with van der Waals surface area (Å²) in [7, 11) is -0.948. The highest BCUT2D eigenvalue weighted by molar-refractivity contribution is 6.73. The number of carbonyl (C=O) groups is 1. The van der Waals surface area contributed by atoms with E-state index < -0.39 is 26.0 Å². The third-order valence-electron chi connectivity index (χ3n) is 6.34. The molecule has 1 amide bonds. The van der Waals surface area contributed by atoms with Crippen LogP contribution in [0.3, 0.4) is 0 Å². The van der Waals surface area contributed by atoms with Gasteiger partial charge in [-0.25, -0.2) is 0 Å². The van der Waals surface area contributed by atoms with Crippen LogP contribution in [0.5, 0.6) is 0 Å². The Labute approximate surface area is 172 Å². The van der Waals surface area contributed by atoms with Crippen molar-refractivity contribution in [2.24, 2.45) is 0 Å². The monoisotopic (exact) mass is 431 g/mol. The Morgan fingerprint density at radius 2 is 1.72 bits per heavy atom. The van der Waals surface area contributed by atoms with Crippen molar-refractivity contribution < 1.29 is 27.1 Å². The fourth-order valence-corrected chi connectivity index (χ4v) is 6.87. The van der Waals surface area contributed by atoms with E-state index in [0.29, 0.717) is 19.4 Å². The molecule has 1 heterocycles. The molecule has 1 aliphatic heterocycles. The first kappa shape index (κ1) is 23.9. The van der Waals surface area contributed by atoms with Gasteiger partial charge in [-0.1, -0.05) is 51.1 Å². The molecular weight excluding hydrogens is 399 g/mol. The van der Waals surface area contributed by atoms with Gasteiger partial charge in [-0.2, -0.15) is 13.2 Å².